The number of benzene rings is 2. The molecule has 0 saturated carbocycles. The van der Waals surface area contributed by atoms with E-state index in [4.69, 9.17) is 21.3 Å². The number of fused-ring (bicyclic) bond motifs is 4. The molecule has 11 nitrogen and oxygen atoms in total. The van der Waals surface area contributed by atoms with Crippen molar-refractivity contribution in [3.05, 3.63) is 104 Å². The molecule has 250 valence electrons. The number of ether oxygens (including phenoxy) is 1. The Morgan fingerprint density at radius 3 is 2.49 bits per heavy atom. The van der Waals surface area contributed by atoms with Gasteiger partial charge in [-0.15, -0.1) is 21.5 Å². The van der Waals surface area contributed by atoms with Crippen molar-refractivity contribution in [1.29, 1.82) is 0 Å². The number of ketones is 1. The Labute approximate surface area is 292 Å². The minimum atomic E-state index is -0.533. The van der Waals surface area contributed by atoms with Crippen LogP contribution in [0, 0.1) is 20.8 Å². The van der Waals surface area contributed by atoms with Gasteiger partial charge in [-0.1, -0.05) is 41.9 Å². The van der Waals surface area contributed by atoms with Gasteiger partial charge in [-0.05, 0) is 55.2 Å². The molecule has 2 N–H and O–H groups in total. The van der Waals surface area contributed by atoms with Gasteiger partial charge in [0.1, 0.15) is 22.7 Å². The van der Waals surface area contributed by atoms with E-state index in [1.807, 2.05) is 47.9 Å². The van der Waals surface area contributed by atoms with Crippen LogP contribution in [0.3, 0.4) is 0 Å². The summed E-state index contributed by atoms with van der Waals surface area (Å²) in [6.07, 6.45) is 4.67. The number of aromatic nitrogens is 5. The van der Waals surface area contributed by atoms with E-state index in [9.17, 15) is 9.59 Å². The van der Waals surface area contributed by atoms with Gasteiger partial charge in [0, 0.05) is 64.9 Å². The molecule has 0 saturated heterocycles. The highest BCUT2D eigenvalue weighted by Crippen LogP contribution is 2.39. The summed E-state index contributed by atoms with van der Waals surface area (Å²) in [7, 11) is 0. The molecule has 13 heteroatoms. The topological polar surface area (TPSA) is 136 Å². The van der Waals surface area contributed by atoms with E-state index in [1.165, 1.54) is 4.88 Å². The molecule has 2 aliphatic rings. The van der Waals surface area contributed by atoms with E-state index < -0.39 is 6.04 Å². The predicted octanol–water partition coefficient (Wildman–Crippen LogP) is 5.56. The molecule has 4 heterocycles. The molecule has 1 amide bonds. The van der Waals surface area contributed by atoms with E-state index in [1.54, 1.807) is 23.7 Å². The Bertz CT molecular complexity index is 2070. The number of Topliss-reactive ketones (excluding diaryl/α,β-unsaturated/α-hetero) is 1. The second-order valence-electron chi connectivity index (χ2n) is 12.2. The van der Waals surface area contributed by atoms with Gasteiger partial charge in [-0.2, -0.15) is 0 Å². The molecule has 0 spiro atoms. The third-order valence-corrected chi connectivity index (χ3v) is 10.2. The number of rotatable bonds is 11. The first-order valence-electron chi connectivity index (χ1n) is 16.2. The molecular formula is C36H35ClN8O3S. The number of nitrogens with zero attached hydrogens (tertiary/aromatic N) is 6. The molecule has 0 unspecified atom stereocenters. The van der Waals surface area contributed by atoms with Crippen LogP contribution in [0.5, 0.6) is 0 Å². The van der Waals surface area contributed by atoms with E-state index in [-0.39, 0.29) is 18.1 Å². The van der Waals surface area contributed by atoms with Gasteiger partial charge < -0.3 is 15.4 Å². The second-order valence-corrected chi connectivity index (χ2v) is 13.8. The normalized spacial score (nSPS) is 14.9. The first-order valence-corrected chi connectivity index (χ1v) is 17.3. The molecule has 3 aromatic heterocycles. The number of hydrogen-bond acceptors (Lipinski definition) is 10. The zero-order valence-electron chi connectivity index (χ0n) is 27.4. The number of halogens is 1. The fraction of sp³-hybridized carbons (Fsp3) is 0.306. The van der Waals surface area contributed by atoms with Crippen LogP contribution in [0.4, 0.5) is 5.95 Å². The van der Waals surface area contributed by atoms with Crippen LogP contribution in [-0.2, 0) is 27.2 Å². The van der Waals surface area contributed by atoms with E-state index in [0.717, 1.165) is 55.5 Å². The van der Waals surface area contributed by atoms with E-state index in [2.05, 4.69) is 50.7 Å². The summed E-state index contributed by atoms with van der Waals surface area (Å²) in [6.45, 7) is 7.75. The highest BCUT2D eigenvalue weighted by atomic mass is 35.5. The smallest absolute Gasteiger partial charge is 0.222 e. The lowest BCUT2D eigenvalue weighted by atomic mass is 9.99. The predicted molar refractivity (Wildman–Crippen MR) is 190 cm³/mol. The number of carbonyl (C=O) groups excluding carboxylic acids is 2. The summed E-state index contributed by atoms with van der Waals surface area (Å²) in [5.41, 5.74) is 7.99. The number of thiophene rings is 1. The first-order chi connectivity index (χ1) is 23.7. The number of amides is 1. The van der Waals surface area contributed by atoms with Crippen molar-refractivity contribution in [3.8, 4) is 16.1 Å². The molecular weight excluding hydrogens is 660 g/mol. The minimum Gasteiger partial charge on any atom is -0.378 e. The monoisotopic (exact) mass is 694 g/mol. The second kappa shape index (κ2) is 14.0. The van der Waals surface area contributed by atoms with Gasteiger partial charge in [0.15, 0.2) is 5.82 Å². The lowest BCUT2D eigenvalue weighted by molar-refractivity contribution is -0.121. The quantitative estimate of drug-likeness (QED) is 0.172. The molecule has 49 heavy (non-hydrogen) atoms. The van der Waals surface area contributed by atoms with Crippen molar-refractivity contribution >= 4 is 46.3 Å². The van der Waals surface area contributed by atoms with Crippen LogP contribution in [0.2, 0.25) is 5.02 Å². The summed E-state index contributed by atoms with van der Waals surface area (Å²) >= 11 is 7.89. The average Bonchev–Trinajstić information content (AvgIpc) is 3.73. The fourth-order valence-electron chi connectivity index (χ4n) is 6.18. The zero-order valence-corrected chi connectivity index (χ0v) is 29.0. The highest BCUT2D eigenvalue weighted by Gasteiger charge is 2.32. The lowest BCUT2D eigenvalue weighted by Gasteiger charge is -2.13. The largest absolute Gasteiger partial charge is 0.378 e. The van der Waals surface area contributed by atoms with Crippen LogP contribution in [0.25, 0.3) is 16.1 Å². The van der Waals surface area contributed by atoms with Crippen LogP contribution < -0.4 is 10.6 Å². The molecule has 1 aliphatic carbocycles. The number of nitrogens with one attached hydrogen (secondary N) is 2. The Morgan fingerprint density at radius 1 is 0.959 bits per heavy atom. The van der Waals surface area contributed by atoms with Crippen molar-refractivity contribution in [2.75, 3.05) is 31.6 Å². The number of aryl methyl sites for hydroxylation is 2. The van der Waals surface area contributed by atoms with Gasteiger partial charge >= 0.3 is 0 Å². The molecule has 2 aromatic carbocycles. The summed E-state index contributed by atoms with van der Waals surface area (Å²) in [5, 5.41) is 16.6. The maximum atomic E-state index is 13.2. The number of hydrogen-bond donors (Lipinski definition) is 2. The molecule has 1 aliphatic heterocycles. The SMILES string of the molecule is Cc1sc2c(c1C)C(c1ccc(Cl)cc1)=N[C@@H](CC(=O)NCCOCCNc1ncc(-c3ccc4c(c3)CC(=O)C4)cn1)c1nnc(C)n1-2. The molecule has 0 radical (unpaired) electrons. The number of aliphatic imine (C=N–C) groups is 1. The van der Waals surface area contributed by atoms with Crippen molar-refractivity contribution in [2.24, 2.45) is 4.99 Å². The zero-order chi connectivity index (χ0) is 34.1. The van der Waals surface area contributed by atoms with Crippen LogP contribution in [-0.4, -0.2) is 68.4 Å². The van der Waals surface area contributed by atoms with Gasteiger partial charge in [-0.3, -0.25) is 19.1 Å². The average molecular weight is 695 g/mol. The maximum Gasteiger partial charge on any atom is 0.222 e. The molecule has 0 fully saturated rings. The first kappa shape index (κ1) is 32.8. The summed E-state index contributed by atoms with van der Waals surface area (Å²) < 4.78 is 7.77. The minimum absolute atomic E-state index is 0.112. The number of carbonyl (C=O) groups is 2. The Hall–Kier alpha value is -4.78. The Morgan fingerprint density at radius 2 is 1.69 bits per heavy atom. The van der Waals surface area contributed by atoms with Gasteiger partial charge in [0.2, 0.25) is 11.9 Å². The number of anilines is 1. The molecule has 5 aromatic rings. The highest BCUT2D eigenvalue weighted by molar-refractivity contribution is 7.15. The van der Waals surface area contributed by atoms with Crippen molar-refractivity contribution in [3.63, 3.8) is 0 Å². The van der Waals surface area contributed by atoms with Crippen molar-refractivity contribution in [1.82, 2.24) is 30.0 Å². The third kappa shape index (κ3) is 6.89. The summed E-state index contributed by atoms with van der Waals surface area (Å²) in [4.78, 5) is 40.1. The standard InChI is InChI=1S/C36H35ClN8O3S/c1-20-21(2)49-35-32(20)33(23-6-8-28(37)9-7-23)42-30(34-44-43-22(3)45(34)35)17-31(47)38-10-12-48-13-11-39-36-40-18-27(19-41-36)24-4-5-25-15-29(46)16-26(25)14-24/h4-9,14,18-19,30H,10-13,15-17H2,1-3H3,(H,38,47)(H,39,40,41)/t30-/m0/s1. The molecule has 1 atom stereocenters. The van der Waals surface area contributed by atoms with Gasteiger partial charge in [-0.25, -0.2) is 9.97 Å². The Kier molecular flexibility index (Phi) is 9.35. The lowest BCUT2D eigenvalue weighted by Crippen LogP contribution is -2.29. The van der Waals surface area contributed by atoms with Crippen LogP contribution >= 0.6 is 22.9 Å². The van der Waals surface area contributed by atoms with Gasteiger partial charge in [0.05, 0.1) is 25.3 Å². The van der Waals surface area contributed by atoms with E-state index >= 15 is 0 Å². The Balaban J connectivity index is 0.919. The van der Waals surface area contributed by atoms with Crippen molar-refractivity contribution in [2.45, 2.75) is 46.1 Å². The van der Waals surface area contributed by atoms with Gasteiger partial charge in [0.25, 0.3) is 0 Å². The molecule has 7 rings (SSSR count). The summed E-state index contributed by atoms with van der Waals surface area (Å²) in [6, 6.07) is 13.2. The third-order valence-electron chi connectivity index (χ3n) is 8.80. The summed E-state index contributed by atoms with van der Waals surface area (Å²) in [5.74, 6) is 1.99. The maximum absolute atomic E-state index is 13.2. The molecule has 0 bridgehead atoms. The fourth-order valence-corrected chi connectivity index (χ4v) is 7.52. The van der Waals surface area contributed by atoms with Crippen LogP contribution in [0.15, 0.2) is 59.9 Å². The van der Waals surface area contributed by atoms with Crippen LogP contribution in [0.1, 0.15) is 56.8 Å². The van der Waals surface area contributed by atoms with Crippen molar-refractivity contribution < 1.29 is 14.3 Å². The van der Waals surface area contributed by atoms with E-state index in [0.29, 0.717) is 55.9 Å².